The monoisotopic (exact) mass is 383 g/mol. The number of rotatable bonds is 8. The Balaban J connectivity index is 1.47. The molecule has 0 spiro atoms. The number of ether oxygens (including phenoxy) is 1. The molecule has 0 saturated heterocycles. The Morgan fingerprint density at radius 1 is 1.19 bits per heavy atom. The van der Waals surface area contributed by atoms with Gasteiger partial charge in [-0.2, -0.15) is 4.68 Å². The van der Waals surface area contributed by atoms with Crippen LogP contribution in [0.5, 0.6) is 5.75 Å². The van der Waals surface area contributed by atoms with Crippen LogP contribution in [-0.2, 0) is 4.79 Å². The van der Waals surface area contributed by atoms with Crippen molar-refractivity contribution in [1.82, 2.24) is 25.5 Å². The van der Waals surface area contributed by atoms with Crippen LogP contribution in [0.4, 0.5) is 0 Å². The molecule has 3 aromatic rings. The maximum atomic E-state index is 12.0. The number of benzene rings is 2. The molecule has 0 atom stereocenters. The van der Waals surface area contributed by atoms with Gasteiger partial charge >= 0.3 is 0 Å². The van der Waals surface area contributed by atoms with Crippen LogP contribution in [-0.4, -0.2) is 45.0 Å². The number of carbonyl (C=O) groups is 1. The van der Waals surface area contributed by atoms with Crippen LogP contribution < -0.4 is 10.1 Å². The lowest BCUT2D eigenvalue weighted by atomic mass is 10.1. The largest absolute Gasteiger partial charge is 0.492 e. The number of carbonyl (C=O) groups excluding carboxylic acids is 1. The van der Waals surface area contributed by atoms with E-state index in [1.165, 1.54) is 17.3 Å². The summed E-state index contributed by atoms with van der Waals surface area (Å²) in [6.45, 7) is 4.91. The van der Waals surface area contributed by atoms with Crippen LogP contribution in [0.25, 0.3) is 5.69 Å². The van der Waals surface area contributed by atoms with Gasteiger partial charge in [-0.1, -0.05) is 47.7 Å². The Morgan fingerprint density at radius 3 is 2.78 bits per heavy atom. The number of aryl methyl sites for hydroxylation is 2. The third-order valence-electron chi connectivity index (χ3n) is 3.79. The smallest absolute Gasteiger partial charge is 0.230 e. The van der Waals surface area contributed by atoms with Crippen molar-refractivity contribution >= 4 is 17.7 Å². The van der Waals surface area contributed by atoms with E-state index in [1.54, 1.807) is 4.68 Å². The Hall–Kier alpha value is -2.87. The summed E-state index contributed by atoms with van der Waals surface area (Å²) < 4.78 is 7.21. The molecule has 8 heteroatoms. The van der Waals surface area contributed by atoms with Gasteiger partial charge in [-0.15, -0.1) is 5.10 Å². The molecule has 0 radical (unpaired) electrons. The van der Waals surface area contributed by atoms with Gasteiger partial charge in [0, 0.05) is 0 Å². The third-order valence-corrected chi connectivity index (χ3v) is 4.71. The highest BCUT2D eigenvalue weighted by Crippen LogP contribution is 2.21. The normalized spacial score (nSPS) is 10.6. The van der Waals surface area contributed by atoms with Gasteiger partial charge in [0.15, 0.2) is 0 Å². The van der Waals surface area contributed by atoms with Crippen molar-refractivity contribution < 1.29 is 9.53 Å². The number of tetrazole rings is 1. The molecule has 2 aromatic carbocycles. The number of hydrogen-bond acceptors (Lipinski definition) is 6. The summed E-state index contributed by atoms with van der Waals surface area (Å²) in [6.07, 6.45) is 0. The Bertz CT molecular complexity index is 898. The zero-order chi connectivity index (χ0) is 19.1. The molecule has 0 unspecified atom stereocenters. The van der Waals surface area contributed by atoms with E-state index in [-0.39, 0.29) is 11.7 Å². The summed E-state index contributed by atoms with van der Waals surface area (Å²) >= 11 is 1.30. The fraction of sp³-hybridized carbons (Fsp3) is 0.263. The lowest BCUT2D eigenvalue weighted by molar-refractivity contribution is -0.118. The van der Waals surface area contributed by atoms with E-state index in [1.807, 2.05) is 56.3 Å². The van der Waals surface area contributed by atoms with Crippen molar-refractivity contribution in [3.05, 3.63) is 59.7 Å². The fourth-order valence-electron chi connectivity index (χ4n) is 2.52. The summed E-state index contributed by atoms with van der Waals surface area (Å²) in [5, 5.41) is 15.2. The second-order valence-electron chi connectivity index (χ2n) is 5.96. The summed E-state index contributed by atoms with van der Waals surface area (Å²) in [5.74, 6) is 0.928. The minimum atomic E-state index is -0.0909. The number of nitrogens with one attached hydrogen (secondary N) is 1. The van der Waals surface area contributed by atoms with E-state index in [9.17, 15) is 4.79 Å². The molecule has 7 nitrogen and oxygen atoms in total. The van der Waals surface area contributed by atoms with Crippen molar-refractivity contribution in [3.63, 3.8) is 0 Å². The SMILES string of the molecule is Cc1ccc(-n2nnnc2SCC(=O)NCCOc2ccccc2)c(C)c1. The van der Waals surface area contributed by atoms with Crippen molar-refractivity contribution in [2.75, 3.05) is 18.9 Å². The van der Waals surface area contributed by atoms with E-state index in [2.05, 4.69) is 26.9 Å². The predicted octanol–water partition coefficient (Wildman–Crippen LogP) is 2.57. The van der Waals surface area contributed by atoms with E-state index in [4.69, 9.17) is 4.74 Å². The third kappa shape index (κ3) is 5.30. The van der Waals surface area contributed by atoms with E-state index in [0.717, 1.165) is 17.0 Å². The predicted molar refractivity (Wildman–Crippen MR) is 104 cm³/mol. The standard InChI is InChI=1S/C19H21N5O2S/c1-14-8-9-17(15(2)12-14)24-19(21-22-23-24)27-13-18(25)20-10-11-26-16-6-4-3-5-7-16/h3-9,12H,10-11,13H2,1-2H3,(H,20,25). The van der Waals surface area contributed by atoms with Gasteiger partial charge < -0.3 is 10.1 Å². The second-order valence-corrected chi connectivity index (χ2v) is 6.91. The molecule has 1 amide bonds. The maximum absolute atomic E-state index is 12.0. The van der Waals surface area contributed by atoms with Crippen molar-refractivity contribution in [2.24, 2.45) is 0 Å². The van der Waals surface area contributed by atoms with Gasteiger partial charge in [0.2, 0.25) is 11.1 Å². The lowest BCUT2D eigenvalue weighted by Gasteiger charge is -2.09. The molecule has 27 heavy (non-hydrogen) atoms. The number of nitrogens with zero attached hydrogens (tertiary/aromatic N) is 4. The highest BCUT2D eigenvalue weighted by molar-refractivity contribution is 7.99. The molecular weight excluding hydrogens is 362 g/mol. The minimum Gasteiger partial charge on any atom is -0.492 e. The average molecular weight is 383 g/mol. The molecular formula is C19H21N5O2S. The van der Waals surface area contributed by atoms with Crippen LogP contribution in [0.1, 0.15) is 11.1 Å². The highest BCUT2D eigenvalue weighted by Gasteiger charge is 2.13. The topological polar surface area (TPSA) is 81.9 Å². The minimum absolute atomic E-state index is 0.0909. The van der Waals surface area contributed by atoms with Gasteiger partial charge in [-0.25, -0.2) is 0 Å². The molecule has 0 fully saturated rings. The van der Waals surface area contributed by atoms with Crippen molar-refractivity contribution in [2.45, 2.75) is 19.0 Å². The molecule has 0 bridgehead atoms. The quantitative estimate of drug-likeness (QED) is 0.476. The summed E-state index contributed by atoms with van der Waals surface area (Å²) in [6, 6.07) is 15.6. The molecule has 140 valence electrons. The molecule has 3 rings (SSSR count). The number of hydrogen-bond donors (Lipinski definition) is 1. The summed E-state index contributed by atoms with van der Waals surface area (Å²) in [5.41, 5.74) is 3.16. The Morgan fingerprint density at radius 2 is 2.00 bits per heavy atom. The maximum Gasteiger partial charge on any atom is 0.230 e. The summed E-state index contributed by atoms with van der Waals surface area (Å²) in [7, 11) is 0. The Kier molecular flexibility index (Phi) is 6.43. The molecule has 0 aliphatic heterocycles. The lowest BCUT2D eigenvalue weighted by Crippen LogP contribution is -2.29. The fourth-order valence-corrected chi connectivity index (χ4v) is 3.23. The molecule has 0 aliphatic rings. The van der Waals surface area contributed by atoms with Crippen LogP contribution in [0.15, 0.2) is 53.7 Å². The van der Waals surface area contributed by atoms with Gasteiger partial charge in [0.25, 0.3) is 0 Å². The van der Waals surface area contributed by atoms with Crippen LogP contribution >= 0.6 is 11.8 Å². The first-order chi connectivity index (χ1) is 13.1. The first-order valence-electron chi connectivity index (χ1n) is 8.57. The van der Waals surface area contributed by atoms with E-state index in [0.29, 0.717) is 18.3 Å². The van der Waals surface area contributed by atoms with Gasteiger partial charge in [-0.3, -0.25) is 4.79 Å². The number of thioether (sulfide) groups is 1. The highest BCUT2D eigenvalue weighted by atomic mass is 32.2. The Labute approximate surface area is 162 Å². The number of aromatic nitrogens is 4. The van der Waals surface area contributed by atoms with Gasteiger partial charge in [0.1, 0.15) is 12.4 Å². The zero-order valence-electron chi connectivity index (χ0n) is 15.3. The average Bonchev–Trinajstić information content (AvgIpc) is 3.13. The first kappa shape index (κ1) is 18.9. The molecule has 0 aliphatic carbocycles. The molecule has 1 aromatic heterocycles. The van der Waals surface area contributed by atoms with Crippen molar-refractivity contribution in [3.8, 4) is 11.4 Å². The van der Waals surface area contributed by atoms with Crippen LogP contribution in [0.3, 0.4) is 0 Å². The number of amides is 1. The molecule has 0 saturated carbocycles. The van der Waals surface area contributed by atoms with Crippen LogP contribution in [0, 0.1) is 13.8 Å². The second kappa shape index (κ2) is 9.18. The van der Waals surface area contributed by atoms with Gasteiger partial charge in [-0.05, 0) is 48.0 Å². The van der Waals surface area contributed by atoms with E-state index < -0.39 is 0 Å². The molecule has 1 N–H and O–H groups in total. The summed E-state index contributed by atoms with van der Waals surface area (Å²) in [4.78, 5) is 12.0. The zero-order valence-corrected chi connectivity index (χ0v) is 16.1. The van der Waals surface area contributed by atoms with Crippen LogP contribution in [0.2, 0.25) is 0 Å². The van der Waals surface area contributed by atoms with Crippen molar-refractivity contribution in [1.29, 1.82) is 0 Å². The molecule has 1 heterocycles. The van der Waals surface area contributed by atoms with E-state index >= 15 is 0 Å². The number of para-hydroxylation sites is 1. The van der Waals surface area contributed by atoms with Gasteiger partial charge in [0.05, 0.1) is 18.0 Å². The first-order valence-corrected chi connectivity index (χ1v) is 9.55.